The number of ether oxygens (including phenoxy) is 1. The number of nitrogens with zero attached hydrogens (tertiary/aromatic N) is 1. The lowest BCUT2D eigenvalue weighted by atomic mass is 10.1. The zero-order chi connectivity index (χ0) is 12.1. The molecule has 0 aliphatic carbocycles. The maximum Gasteiger partial charge on any atom is 0.0705 e. The van der Waals surface area contributed by atoms with Crippen LogP contribution in [0.1, 0.15) is 5.69 Å². The molecule has 1 N–H and O–H groups in total. The van der Waals surface area contributed by atoms with Gasteiger partial charge in [-0.15, -0.1) is 0 Å². The summed E-state index contributed by atoms with van der Waals surface area (Å²) in [6.45, 7) is 0.699. The molecule has 0 amide bonds. The van der Waals surface area contributed by atoms with Crippen molar-refractivity contribution in [3.63, 3.8) is 0 Å². The molecule has 0 saturated heterocycles. The largest absolute Gasteiger partial charge is 0.383 e. The zero-order valence-corrected chi connectivity index (χ0v) is 10.3. The van der Waals surface area contributed by atoms with Crippen LogP contribution in [-0.2, 0) is 11.2 Å². The number of likely N-dealkylation sites (N-methyl/N-ethyl adjacent to an activating group) is 1. The van der Waals surface area contributed by atoms with E-state index in [1.165, 1.54) is 5.39 Å². The molecule has 0 fully saturated rings. The molecule has 2 rings (SSSR count). The van der Waals surface area contributed by atoms with E-state index in [9.17, 15) is 0 Å². The molecular formula is C14H18N2O. The number of para-hydroxylation sites is 1. The Labute approximate surface area is 102 Å². The normalized spacial score (nSPS) is 12.8. The molecule has 3 nitrogen and oxygen atoms in total. The highest BCUT2D eigenvalue weighted by molar-refractivity contribution is 5.78. The summed E-state index contributed by atoms with van der Waals surface area (Å²) < 4.78 is 5.16. The Morgan fingerprint density at radius 2 is 2.06 bits per heavy atom. The molecule has 1 aromatic heterocycles. The third-order valence-electron chi connectivity index (χ3n) is 2.89. The summed E-state index contributed by atoms with van der Waals surface area (Å²) in [4.78, 5) is 4.65. The van der Waals surface area contributed by atoms with Crippen LogP contribution >= 0.6 is 0 Å². The zero-order valence-electron chi connectivity index (χ0n) is 10.3. The summed E-state index contributed by atoms with van der Waals surface area (Å²) >= 11 is 0. The Bertz CT molecular complexity index is 484. The summed E-state index contributed by atoms with van der Waals surface area (Å²) in [5, 5.41) is 4.42. The van der Waals surface area contributed by atoms with Crippen molar-refractivity contribution in [1.29, 1.82) is 0 Å². The van der Waals surface area contributed by atoms with Gasteiger partial charge in [-0.25, -0.2) is 0 Å². The van der Waals surface area contributed by atoms with Gasteiger partial charge in [-0.2, -0.15) is 0 Å². The van der Waals surface area contributed by atoms with E-state index in [2.05, 4.69) is 28.5 Å². The van der Waals surface area contributed by atoms with Crippen molar-refractivity contribution < 1.29 is 4.74 Å². The van der Waals surface area contributed by atoms with Gasteiger partial charge < -0.3 is 10.1 Å². The highest BCUT2D eigenvalue weighted by atomic mass is 16.5. The average Bonchev–Trinajstić information content (AvgIpc) is 2.38. The standard InChI is InChI=1S/C14H18N2O/c1-15-13(10-17-2)9-12-8-7-11-5-3-4-6-14(11)16-12/h3-8,13,15H,9-10H2,1-2H3. The monoisotopic (exact) mass is 230 g/mol. The number of methoxy groups -OCH3 is 1. The van der Waals surface area contributed by atoms with Gasteiger partial charge in [0, 0.05) is 30.7 Å². The van der Waals surface area contributed by atoms with Crippen LogP contribution in [0.25, 0.3) is 10.9 Å². The van der Waals surface area contributed by atoms with Crippen LogP contribution in [0.15, 0.2) is 36.4 Å². The van der Waals surface area contributed by atoms with Crippen molar-refractivity contribution in [2.75, 3.05) is 20.8 Å². The van der Waals surface area contributed by atoms with Gasteiger partial charge in [-0.1, -0.05) is 24.3 Å². The Morgan fingerprint density at radius 1 is 1.24 bits per heavy atom. The van der Waals surface area contributed by atoms with Crippen molar-refractivity contribution in [2.45, 2.75) is 12.5 Å². The SMILES string of the molecule is CNC(COC)Cc1ccc2ccccc2n1. The lowest BCUT2D eigenvalue weighted by Crippen LogP contribution is -2.32. The van der Waals surface area contributed by atoms with Crippen molar-refractivity contribution in [2.24, 2.45) is 0 Å². The van der Waals surface area contributed by atoms with Crippen molar-refractivity contribution in [3.05, 3.63) is 42.1 Å². The molecule has 2 aromatic rings. The molecule has 1 aromatic carbocycles. The van der Waals surface area contributed by atoms with Crippen LogP contribution in [0, 0.1) is 0 Å². The number of hydrogen-bond donors (Lipinski definition) is 1. The molecule has 17 heavy (non-hydrogen) atoms. The topological polar surface area (TPSA) is 34.1 Å². The first-order valence-corrected chi connectivity index (χ1v) is 5.84. The van der Waals surface area contributed by atoms with Gasteiger partial charge in [0.05, 0.1) is 12.1 Å². The van der Waals surface area contributed by atoms with Crippen molar-refractivity contribution in [3.8, 4) is 0 Å². The second kappa shape index (κ2) is 5.75. The summed E-state index contributed by atoms with van der Waals surface area (Å²) in [6, 6.07) is 12.7. The molecule has 0 aliphatic heterocycles. The molecule has 0 aliphatic rings. The molecule has 3 heteroatoms. The minimum atomic E-state index is 0.314. The van der Waals surface area contributed by atoms with Crippen molar-refractivity contribution in [1.82, 2.24) is 10.3 Å². The van der Waals surface area contributed by atoms with Crippen LogP contribution in [0.4, 0.5) is 0 Å². The molecule has 1 heterocycles. The first-order chi connectivity index (χ1) is 8.33. The first-order valence-electron chi connectivity index (χ1n) is 5.84. The Morgan fingerprint density at radius 3 is 2.82 bits per heavy atom. The number of rotatable bonds is 5. The number of benzene rings is 1. The van der Waals surface area contributed by atoms with E-state index in [0.29, 0.717) is 12.6 Å². The van der Waals surface area contributed by atoms with E-state index in [0.717, 1.165) is 17.6 Å². The molecule has 0 spiro atoms. The lowest BCUT2D eigenvalue weighted by molar-refractivity contribution is 0.169. The number of aromatic nitrogens is 1. The van der Waals surface area contributed by atoms with E-state index in [1.807, 2.05) is 25.2 Å². The summed E-state index contributed by atoms with van der Waals surface area (Å²) in [7, 11) is 3.67. The fraction of sp³-hybridized carbons (Fsp3) is 0.357. The van der Waals surface area contributed by atoms with E-state index in [-0.39, 0.29) is 0 Å². The number of fused-ring (bicyclic) bond motifs is 1. The van der Waals surface area contributed by atoms with Gasteiger partial charge in [-0.05, 0) is 19.2 Å². The average molecular weight is 230 g/mol. The van der Waals surface area contributed by atoms with Gasteiger partial charge in [0.1, 0.15) is 0 Å². The summed E-state index contributed by atoms with van der Waals surface area (Å²) in [5.74, 6) is 0. The minimum absolute atomic E-state index is 0.314. The predicted molar refractivity (Wildman–Crippen MR) is 70.2 cm³/mol. The fourth-order valence-electron chi connectivity index (χ4n) is 1.92. The van der Waals surface area contributed by atoms with Crippen LogP contribution in [0.5, 0.6) is 0 Å². The Kier molecular flexibility index (Phi) is 4.07. The van der Waals surface area contributed by atoms with Crippen LogP contribution in [0.2, 0.25) is 0 Å². The summed E-state index contributed by atoms with van der Waals surface area (Å²) in [6.07, 6.45) is 0.884. The van der Waals surface area contributed by atoms with E-state index < -0.39 is 0 Å². The predicted octanol–water partition coefficient (Wildman–Crippen LogP) is 2.01. The molecule has 1 atom stereocenters. The van der Waals surface area contributed by atoms with Crippen LogP contribution in [0.3, 0.4) is 0 Å². The molecule has 0 bridgehead atoms. The molecule has 0 saturated carbocycles. The highest BCUT2D eigenvalue weighted by Gasteiger charge is 2.08. The maximum atomic E-state index is 5.16. The van der Waals surface area contributed by atoms with Gasteiger partial charge in [0.2, 0.25) is 0 Å². The van der Waals surface area contributed by atoms with E-state index >= 15 is 0 Å². The number of pyridine rings is 1. The quantitative estimate of drug-likeness (QED) is 0.853. The second-order valence-electron chi connectivity index (χ2n) is 4.14. The lowest BCUT2D eigenvalue weighted by Gasteiger charge is -2.14. The van der Waals surface area contributed by atoms with Crippen LogP contribution < -0.4 is 5.32 Å². The molecular weight excluding hydrogens is 212 g/mol. The Hall–Kier alpha value is -1.45. The van der Waals surface area contributed by atoms with Gasteiger partial charge in [0.15, 0.2) is 0 Å². The van der Waals surface area contributed by atoms with E-state index in [1.54, 1.807) is 7.11 Å². The van der Waals surface area contributed by atoms with E-state index in [4.69, 9.17) is 4.74 Å². The molecule has 0 radical (unpaired) electrons. The first kappa shape index (κ1) is 12.0. The van der Waals surface area contributed by atoms with Gasteiger partial charge >= 0.3 is 0 Å². The van der Waals surface area contributed by atoms with Gasteiger partial charge in [0.25, 0.3) is 0 Å². The Balaban J connectivity index is 2.18. The molecule has 1 unspecified atom stereocenters. The van der Waals surface area contributed by atoms with Crippen molar-refractivity contribution >= 4 is 10.9 Å². The van der Waals surface area contributed by atoms with Crippen LogP contribution in [-0.4, -0.2) is 31.8 Å². The fourth-order valence-corrected chi connectivity index (χ4v) is 1.92. The third-order valence-corrected chi connectivity index (χ3v) is 2.89. The number of hydrogen-bond acceptors (Lipinski definition) is 3. The highest BCUT2D eigenvalue weighted by Crippen LogP contribution is 2.12. The third kappa shape index (κ3) is 3.02. The summed E-state index contributed by atoms with van der Waals surface area (Å²) in [5.41, 5.74) is 2.15. The minimum Gasteiger partial charge on any atom is -0.383 e. The second-order valence-corrected chi connectivity index (χ2v) is 4.14. The number of nitrogens with one attached hydrogen (secondary N) is 1. The molecule has 90 valence electrons. The smallest absolute Gasteiger partial charge is 0.0705 e. The maximum absolute atomic E-state index is 5.16. The van der Waals surface area contributed by atoms with Gasteiger partial charge in [-0.3, -0.25) is 4.98 Å².